The Morgan fingerprint density at radius 1 is 0.638 bits per heavy atom. The van der Waals surface area contributed by atoms with Gasteiger partial charge in [-0.3, -0.25) is 9.69 Å². The van der Waals surface area contributed by atoms with Crippen LogP contribution in [0.2, 0.25) is 0 Å². The number of ether oxygens (including phenoxy) is 2. The van der Waals surface area contributed by atoms with E-state index in [0.29, 0.717) is 49.8 Å². The van der Waals surface area contributed by atoms with Gasteiger partial charge >= 0.3 is 0 Å². The van der Waals surface area contributed by atoms with Crippen molar-refractivity contribution in [3.63, 3.8) is 0 Å². The number of carbonyl (C=O) groups is 1. The summed E-state index contributed by atoms with van der Waals surface area (Å²) < 4.78 is 40.3. The van der Waals surface area contributed by atoms with Crippen molar-refractivity contribution in [2.45, 2.75) is 10.9 Å². The van der Waals surface area contributed by atoms with Gasteiger partial charge in [0.2, 0.25) is 10.0 Å². The molecule has 1 fully saturated rings. The zero-order valence-electron chi connectivity index (χ0n) is 25.9. The highest BCUT2D eigenvalue weighted by molar-refractivity contribution is 7.89. The average molecular weight is 648 g/mol. The van der Waals surface area contributed by atoms with E-state index in [2.05, 4.69) is 34.5 Å². The van der Waals surface area contributed by atoms with Gasteiger partial charge in [-0.15, -0.1) is 0 Å². The number of hydrogen-bond acceptors (Lipinski definition) is 6. The maximum Gasteiger partial charge on any atom is 0.259 e. The molecule has 9 heteroatoms. The fourth-order valence-electron chi connectivity index (χ4n) is 5.75. The van der Waals surface area contributed by atoms with Crippen molar-refractivity contribution in [2.75, 3.05) is 44.7 Å². The monoisotopic (exact) mass is 647 g/mol. The zero-order valence-corrected chi connectivity index (χ0v) is 26.8. The highest BCUT2D eigenvalue weighted by atomic mass is 32.2. The number of piperazine rings is 1. The minimum absolute atomic E-state index is 0.0447. The number of nitrogens with one attached hydrogen (secondary N) is 1. The molecule has 47 heavy (non-hydrogen) atoms. The predicted molar refractivity (Wildman–Crippen MR) is 183 cm³/mol. The van der Waals surface area contributed by atoms with Crippen LogP contribution in [0.4, 0.5) is 5.69 Å². The topological polar surface area (TPSA) is 88.2 Å². The molecule has 240 valence electrons. The van der Waals surface area contributed by atoms with Crippen molar-refractivity contribution in [3.8, 4) is 11.5 Å². The first-order valence-electron chi connectivity index (χ1n) is 15.6. The molecule has 0 aliphatic carbocycles. The van der Waals surface area contributed by atoms with E-state index in [1.807, 2.05) is 66.7 Å². The molecule has 1 heterocycles. The van der Waals surface area contributed by atoms with Crippen LogP contribution in [-0.4, -0.2) is 62.9 Å². The molecule has 5 aromatic rings. The second-order valence-corrected chi connectivity index (χ2v) is 13.1. The summed E-state index contributed by atoms with van der Waals surface area (Å²) >= 11 is 0. The van der Waals surface area contributed by atoms with Crippen molar-refractivity contribution < 1.29 is 22.7 Å². The molecule has 1 aliphatic rings. The Kier molecular flexibility index (Phi) is 10.3. The summed E-state index contributed by atoms with van der Waals surface area (Å²) in [5, 5.41) is 2.86. The first-order valence-corrected chi connectivity index (χ1v) is 17.1. The number of hydrogen-bond donors (Lipinski definition) is 1. The number of benzene rings is 5. The van der Waals surface area contributed by atoms with Crippen LogP contribution >= 0.6 is 0 Å². The largest absolute Gasteiger partial charge is 0.490 e. The number of amides is 1. The summed E-state index contributed by atoms with van der Waals surface area (Å²) in [6, 6.07) is 43.4. The Morgan fingerprint density at radius 3 is 1.79 bits per heavy atom. The normalized spacial score (nSPS) is 14.1. The molecule has 0 spiro atoms. The molecule has 0 aromatic heterocycles. The predicted octanol–water partition coefficient (Wildman–Crippen LogP) is 6.49. The molecule has 5 aromatic carbocycles. The molecule has 0 saturated carbocycles. The van der Waals surface area contributed by atoms with Crippen molar-refractivity contribution in [1.82, 2.24) is 9.21 Å². The molecule has 8 nitrogen and oxygen atoms in total. The van der Waals surface area contributed by atoms with Crippen LogP contribution in [0.25, 0.3) is 0 Å². The summed E-state index contributed by atoms with van der Waals surface area (Å²) in [4.78, 5) is 15.7. The molecular weight excluding hydrogens is 611 g/mol. The van der Waals surface area contributed by atoms with Crippen molar-refractivity contribution in [3.05, 3.63) is 156 Å². The second kappa shape index (κ2) is 15.1. The van der Waals surface area contributed by atoms with Crippen LogP contribution in [0.15, 0.2) is 144 Å². The van der Waals surface area contributed by atoms with E-state index in [1.165, 1.54) is 23.3 Å². The number of sulfonamides is 1. The van der Waals surface area contributed by atoms with E-state index in [1.54, 1.807) is 40.7 Å². The lowest BCUT2D eigenvalue weighted by Gasteiger charge is -2.39. The smallest absolute Gasteiger partial charge is 0.259 e. The summed E-state index contributed by atoms with van der Waals surface area (Å²) in [5.41, 5.74) is 3.21. The van der Waals surface area contributed by atoms with E-state index in [-0.39, 0.29) is 23.5 Å². The highest BCUT2D eigenvalue weighted by Gasteiger charge is 2.32. The fourth-order valence-corrected chi connectivity index (χ4v) is 7.17. The lowest BCUT2D eigenvalue weighted by atomic mass is 9.96. The van der Waals surface area contributed by atoms with E-state index >= 15 is 0 Å². The van der Waals surface area contributed by atoms with Gasteiger partial charge in [-0.25, -0.2) is 8.42 Å². The van der Waals surface area contributed by atoms with Crippen LogP contribution in [0.5, 0.6) is 11.5 Å². The van der Waals surface area contributed by atoms with E-state index in [0.717, 1.165) is 5.75 Å². The van der Waals surface area contributed by atoms with Gasteiger partial charge in [-0.2, -0.15) is 4.31 Å². The Hall–Kier alpha value is -4.96. The van der Waals surface area contributed by atoms with Crippen LogP contribution < -0.4 is 14.8 Å². The van der Waals surface area contributed by atoms with Gasteiger partial charge in [0.15, 0.2) is 0 Å². The lowest BCUT2D eigenvalue weighted by molar-refractivity contribution is 0.102. The third-order valence-electron chi connectivity index (χ3n) is 8.10. The van der Waals surface area contributed by atoms with Gasteiger partial charge in [0.05, 0.1) is 16.5 Å². The third-order valence-corrected chi connectivity index (χ3v) is 10.0. The maximum absolute atomic E-state index is 13.6. The third kappa shape index (κ3) is 7.89. The van der Waals surface area contributed by atoms with Gasteiger partial charge in [0.25, 0.3) is 5.91 Å². The number of carbonyl (C=O) groups excluding carboxylic acids is 1. The Balaban J connectivity index is 1.06. The van der Waals surface area contributed by atoms with E-state index in [4.69, 9.17) is 9.47 Å². The molecule has 1 saturated heterocycles. The quantitative estimate of drug-likeness (QED) is 0.156. The Bertz CT molecular complexity index is 1810. The fraction of sp³-hybridized carbons (Fsp3) is 0.184. The molecule has 0 radical (unpaired) electrons. The number of anilines is 1. The van der Waals surface area contributed by atoms with Crippen molar-refractivity contribution in [1.29, 1.82) is 0 Å². The van der Waals surface area contributed by atoms with Gasteiger partial charge < -0.3 is 14.8 Å². The van der Waals surface area contributed by atoms with Crippen LogP contribution in [0.1, 0.15) is 27.5 Å². The van der Waals surface area contributed by atoms with Crippen LogP contribution in [0, 0.1) is 0 Å². The molecule has 1 N–H and O–H groups in total. The lowest BCUT2D eigenvalue weighted by Crippen LogP contribution is -2.49. The minimum atomic E-state index is -3.72. The SMILES string of the molecule is O=C(Nc1ccc(S(=O)(=O)N2CCN(C(c3ccccc3)c3ccccc3)CC2)cc1)c1ccccc1OCCOc1ccccc1. The molecule has 1 aliphatic heterocycles. The molecule has 0 atom stereocenters. The second-order valence-electron chi connectivity index (χ2n) is 11.1. The molecular formula is C38H37N3O5S. The summed E-state index contributed by atoms with van der Waals surface area (Å²) in [6.07, 6.45) is 0. The summed E-state index contributed by atoms with van der Waals surface area (Å²) in [7, 11) is -3.72. The van der Waals surface area contributed by atoms with Crippen LogP contribution in [0.3, 0.4) is 0 Å². The highest BCUT2D eigenvalue weighted by Crippen LogP contribution is 2.31. The Morgan fingerprint density at radius 2 is 1.17 bits per heavy atom. The van der Waals surface area contributed by atoms with Gasteiger partial charge in [-0.1, -0.05) is 91.0 Å². The number of para-hydroxylation sites is 2. The summed E-state index contributed by atoms with van der Waals surface area (Å²) in [6.45, 7) is 2.54. The minimum Gasteiger partial charge on any atom is -0.490 e. The number of nitrogens with zero attached hydrogens (tertiary/aromatic N) is 2. The van der Waals surface area contributed by atoms with E-state index in [9.17, 15) is 13.2 Å². The van der Waals surface area contributed by atoms with E-state index < -0.39 is 10.0 Å². The average Bonchev–Trinajstić information content (AvgIpc) is 3.12. The standard InChI is InChI=1S/C38H37N3O5S/c42-38(35-18-10-11-19-36(35)46-29-28-45-33-16-8-3-9-17-33)39-32-20-22-34(23-21-32)47(43,44)41-26-24-40(25-27-41)37(30-12-4-1-5-13-30)31-14-6-2-7-15-31/h1-23,37H,24-29H2,(H,39,42). The van der Waals surface area contributed by atoms with Gasteiger partial charge in [0.1, 0.15) is 24.7 Å². The molecule has 6 rings (SSSR count). The first-order chi connectivity index (χ1) is 23.0. The molecule has 0 unspecified atom stereocenters. The van der Waals surface area contributed by atoms with Gasteiger partial charge in [-0.05, 0) is 59.7 Å². The van der Waals surface area contributed by atoms with Crippen LogP contribution in [-0.2, 0) is 10.0 Å². The molecule has 0 bridgehead atoms. The number of rotatable bonds is 12. The van der Waals surface area contributed by atoms with Crippen molar-refractivity contribution >= 4 is 21.6 Å². The molecule has 1 amide bonds. The Labute approximate surface area is 276 Å². The maximum atomic E-state index is 13.6. The summed E-state index contributed by atoms with van der Waals surface area (Å²) in [5.74, 6) is 0.819. The van der Waals surface area contributed by atoms with Crippen molar-refractivity contribution in [2.24, 2.45) is 0 Å². The zero-order chi connectivity index (χ0) is 32.5. The first kappa shape index (κ1) is 32.0. The van der Waals surface area contributed by atoms with Gasteiger partial charge in [0, 0.05) is 31.9 Å².